The zero-order valence-electron chi connectivity index (χ0n) is 9.45. The molecular formula is C13H20N2. The van der Waals surface area contributed by atoms with Gasteiger partial charge in [-0.05, 0) is 18.5 Å². The van der Waals surface area contributed by atoms with Gasteiger partial charge in [0.25, 0.3) is 0 Å². The maximum Gasteiger partial charge on any atom is 0.0235 e. The molecule has 1 aliphatic rings. The smallest absolute Gasteiger partial charge is 0.0235 e. The molecule has 1 aromatic rings. The van der Waals surface area contributed by atoms with E-state index in [4.69, 9.17) is 0 Å². The first kappa shape index (κ1) is 10.7. The Labute approximate surface area is 92.3 Å². The normalized spacial score (nSPS) is 22.9. The van der Waals surface area contributed by atoms with Crippen molar-refractivity contribution in [2.45, 2.75) is 19.4 Å². The molecular weight excluding hydrogens is 184 g/mol. The maximum absolute atomic E-state index is 3.59. The summed E-state index contributed by atoms with van der Waals surface area (Å²) in [5, 5.41) is 3.59. The maximum atomic E-state index is 3.59. The molecule has 1 aromatic carbocycles. The molecule has 0 radical (unpaired) electrons. The molecule has 2 rings (SSSR count). The fourth-order valence-electron chi connectivity index (χ4n) is 2.22. The van der Waals surface area contributed by atoms with E-state index < -0.39 is 0 Å². The average Bonchev–Trinajstić information content (AvgIpc) is 2.31. The molecule has 0 unspecified atom stereocenters. The summed E-state index contributed by atoms with van der Waals surface area (Å²) in [5.74, 6) is 0. The number of benzene rings is 1. The lowest BCUT2D eigenvalue weighted by molar-refractivity contribution is 0.208. The summed E-state index contributed by atoms with van der Waals surface area (Å²) in [6.45, 7) is 6.93. The predicted molar refractivity (Wildman–Crippen MR) is 64.1 cm³/mol. The zero-order chi connectivity index (χ0) is 10.5. The molecule has 0 saturated carbocycles. The first-order valence-electron chi connectivity index (χ1n) is 5.88. The second kappa shape index (κ2) is 5.29. The minimum atomic E-state index is 0.626. The molecule has 0 bridgehead atoms. The molecule has 0 aliphatic carbocycles. The van der Waals surface area contributed by atoms with Gasteiger partial charge in [0.1, 0.15) is 0 Å². The van der Waals surface area contributed by atoms with Gasteiger partial charge < -0.3 is 10.2 Å². The van der Waals surface area contributed by atoms with Gasteiger partial charge in [0, 0.05) is 25.7 Å². The van der Waals surface area contributed by atoms with Crippen molar-refractivity contribution < 1.29 is 0 Å². The molecule has 1 saturated heterocycles. The molecule has 0 amide bonds. The Hall–Kier alpha value is -0.860. The number of hydrogen-bond acceptors (Lipinski definition) is 2. The quantitative estimate of drug-likeness (QED) is 0.803. The molecule has 1 fully saturated rings. The van der Waals surface area contributed by atoms with Crippen LogP contribution in [0.2, 0.25) is 0 Å². The topological polar surface area (TPSA) is 15.3 Å². The Balaban J connectivity index is 1.89. The molecule has 0 spiro atoms. The van der Waals surface area contributed by atoms with Gasteiger partial charge in [-0.15, -0.1) is 0 Å². The van der Waals surface area contributed by atoms with Gasteiger partial charge in [0.15, 0.2) is 0 Å². The molecule has 0 aromatic heterocycles. The van der Waals surface area contributed by atoms with E-state index in [0.29, 0.717) is 6.04 Å². The highest BCUT2D eigenvalue weighted by molar-refractivity contribution is 5.16. The second-order valence-electron chi connectivity index (χ2n) is 4.23. The van der Waals surface area contributed by atoms with E-state index in [-0.39, 0.29) is 0 Å². The van der Waals surface area contributed by atoms with E-state index >= 15 is 0 Å². The van der Waals surface area contributed by atoms with Crippen LogP contribution in [0.15, 0.2) is 30.3 Å². The number of piperazine rings is 1. The highest BCUT2D eigenvalue weighted by Crippen LogP contribution is 2.07. The molecule has 2 nitrogen and oxygen atoms in total. The summed E-state index contributed by atoms with van der Waals surface area (Å²) in [7, 11) is 0. The molecule has 1 N–H and O–H groups in total. The van der Waals surface area contributed by atoms with Crippen molar-refractivity contribution in [3.8, 4) is 0 Å². The van der Waals surface area contributed by atoms with Gasteiger partial charge in [-0.2, -0.15) is 0 Å². The molecule has 82 valence electrons. The Bertz CT molecular complexity index is 284. The van der Waals surface area contributed by atoms with Gasteiger partial charge in [-0.1, -0.05) is 37.3 Å². The highest BCUT2D eigenvalue weighted by Gasteiger charge is 2.17. The first-order chi connectivity index (χ1) is 7.38. The molecule has 1 heterocycles. The van der Waals surface area contributed by atoms with E-state index in [1.165, 1.54) is 25.2 Å². The Kier molecular flexibility index (Phi) is 3.75. The lowest BCUT2D eigenvalue weighted by Gasteiger charge is -2.33. The summed E-state index contributed by atoms with van der Waals surface area (Å²) in [6, 6.07) is 11.4. The number of nitrogens with zero attached hydrogens (tertiary/aromatic N) is 1. The zero-order valence-corrected chi connectivity index (χ0v) is 9.45. The van der Waals surface area contributed by atoms with E-state index in [1.807, 2.05) is 0 Å². The van der Waals surface area contributed by atoms with Crippen LogP contribution < -0.4 is 5.32 Å². The Morgan fingerprint density at radius 2 is 2.13 bits per heavy atom. The minimum absolute atomic E-state index is 0.626. The van der Waals surface area contributed by atoms with E-state index in [2.05, 4.69) is 47.5 Å². The van der Waals surface area contributed by atoms with Crippen molar-refractivity contribution in [3.63, 3.8) is 0 Å². The van der Waals surface area contributed by atoms with Crippen LogP contribution in [0.5, 0.6) is 0 Å². The number of likely N-dealkylation sites (N-methyl/N-ethyl adjacent to an activating group) is 1. The van der Waals surface area contributed by atoms with Crippen LogP contribution in [0.3, 0.4) is 0 Å². The summed E-state index contributed by atoms with van der Waals surface area (Å²) < 4.78 is 0. The Morgan fingerprint density at radius 1 is 1.33 bits per heavy atom. The van der Waals surface area contributed by atoms with Crippen molar-refractivity contribution in [2.75, 3.05) is 26.2 Å². The fraction of sp³-hybridized carbons (Fsp3) is 0.538. The molecule has 2 heteroatoms. The largest absolute Gasteiger partial charge is 0.311 e. The van der Waals surface area contributed by atoms with Crippen LogP contribution in [0.25, 0.3) is 0 Å². The van der Waals surface area contributed by atoms with Crippen LogP contribution in [0, 0.1) is 0 Å². The van der Waals surface area contributed by atoms with Crippen LogP contribution in [0.1, 0.15) is 12.5 Å². The summed E-state index contributed by atoms with van der Waals surface area (Å²) in [5.41, 5.74) is 1.44. The summed E-state index contributed by atoms with van der Waals surface area (Å²) in [6.07, 6.45) is 1.15. The van der Waals surface area contributed by atoms with Crippen LogP contribution >= 0.6 is 0 Å². The SMILES string of the molecule is CCN1CCN[C@H](Cc2ccccc2)C1. The molecule has 1 aliphatic heterocycles. The average molecular weight is 204 g/mol. The fourth-order valence-corrected chi connectivity index (χ4v) is 2.22. The molecule has 1 atom stereocenters. The van der Waals surface area contributed by atoms with Crippen molar-refractivity contribution in [3.05, 3.63) is 35.9 Å². The second-order valence-corrected chi connectivity index (χ2v) is 4.23. The van der Waals surface area contributed by atoms with E-state index in [9.17, 15) is 0 Å². The number of nitrogens with one attached hydrogen (secondary N) is 1. The molecule has 15 heavy (non-hydrogen) atoms. The first-order valence-corrected chi connectivity index (χ1v) is 5.88. The van der Waals surface area contributed by atoms with E-state index in [1.54, 1.807) is 0 Å². The van der Waals surface area contributed by atoms with Gasteiger partial charge in [0.2, 0.25) is 0 Å². The van der Waals surface area contributed by atoms with Crippen molar-refractivity contribution in [2.24, 2.45) is 0 Å². The van der Waals surface area contributed by atoms with Gasteiger partial charge in [0.05, 0.1) is 0 Å². The monoisotopic (exact) mass is 204 g/mol. The van der Waals surface area contributed by atoms with Crippen LogP contribution in [0.4, 0.5) is 0 Å². The van der Waals surface area contributed by atoms with Gasteiger partial charge in [-0.3, -0.25) is 0 Å². The van der Waals surface area contributed by atoms with E-state index in [0.717, 1.165) is 13.0 Å². The predicted octanol–water partition coefficient (Wildman–Crippen LogP) is 1.52. The summed E-state index contributed by atoms with van der Waals surface area (Å²) in [4.78, 5) is 2.52. The van der Waals surface area contributed by atoms with Gasteiger partial charge in [-0.25, -0.2) is 0 Å². The third-order valence-electron chi connectivity index (χ3n) is 3.11. The number of rotatable bonds is 3. The van der Waals surface area contributed by atoms with Gasteiger partial charge >= 0.3 is 0 Å². The van der Waals surface area contributed by atoms with Crippen molar-refractivity contribution in [1.29, 1.82) is 0 Å². The van der Waals surface area contributed by atoms with Crippen molar-refractivity contribution in [1.82, 2.24) is 10.2 Å². The minimum Gasteiger partial charge on any atom is -0.311 e. The standard InChI is InChI=1S/C13H20N2/c1-2-15-9-8-14-13(11-15)10-12-6-4-3-5-7-12/h3-7,13-14H,2,8-11H2,1H3/t13-/m1/s1. The highest BCUT2D eigenvalue weighted by atomic mass is 15.2. The van der Waals surface area contributed by atoms with Crippen LogP contribution in [-0.2, 0) is 6.42 Å². The third-order valence-corrected chi connectivity index (χ3v) is 3.11. The summed E-state index contributed by atoms with van der Waals surface area (Å²) >= 11 is 0. The number of hydrogen-bond donors (Lipinski definition) is 1. The Morgan fingerprint density at radius 3 is 2.87 bits per heavy atom. The van der Waals surface area contributed by atoms with Crippen LogP contribution in [-0.4, -0.2) is 37.1 Å². The lowest BCUT2D eigenvalue weighted by atomic mass is 10.0. The van der Waals surface area contributed by atoms with Crippen molar-refractivity contribution >= 4 is 0 Å². The third kappa shape index (κ3) is 3.05. The lowest BCUT2D eigenvalue weighted by Crippen LogP contribution is -2.51.